The summed E-state index contributed by atoms with van der Waals surface area (Å²) < 4.78 is 10.8. The van der Waals surface area contributed by atoms with E-state index in [0.717, 1.165) is 46.7 Å². The Morgan fingerprint density at radius 3 is 2.62 bits per heavy atom. The van der Waals surface area contributed by atoms with Gasteiger partial charge in [0.05, 0.1) is 18.2 Å². The van der Waals surface area contributed by atoms with Crippen LogP contribution in [0.4, 0.5) is 5.69 Å². The van der Waals surface area contributed by atoms with Crippen molar-refractivity contribution in [1.82, 2.24) is 4.98 Å². The molecule has 2 N–H and O–H groups in total. The van der Waals surface area contributed by atoms with Gasteiger partial charge in [-0.2, -0.15) is 0 Å². The first-order chi connectivity index (χ1) is 16.6. The van der Waals surface area contributed by atoms with Gasteiger partial charge in [0.2, 0.25) is 5.91 Å². The summed E-state index contributed by atoms with van der Waals surface area (Å²) in [5, 5.41) is 17.7. The molecule has 2 aliphatic rings. The maximum atomic E-state index is 12.7. The first-order valence-corrected chi connectivity index (χ1v) is 12.6. The van der Waals surface area contributed by atoms with E-state index in [9.17, 15) is 14.7 Å². The fraction of sp³-hybridized carbons (Fsp3) is 0.423. The normalized spacial score (nSPS) is 19.8. The highest BCUT2D eigenvalue weighted by Gasteiger charge is 2.31. The number of carbonyl (C=O) groups excluding carboxylic acids is 1. The third-order valence-electron chi connectivity index (χ3n) is 6.80. The van der Waals surface area contributed by atoms with Crippen molar-refractivity contribution < 1.29 is 24.2 Å². The van der Waals surface area contributed by atoms with Crippen molar-refractivity contribution in [2.24, 2.45) is 11.8 Å². The molecule has 2 aromatic carbocycles. The summed E-state index contributed by atoms with van der Waals surface area (Å²) in [6.07, 6.45) is 2.33. The number of hydrogen-bond donors (Lipinski definition) is 2. The zero-order valence-electron chi connectivity index (χ0n) is 18.9. The summed E-state index contributed by atoms with van der Waals surface area (Å²) in [6.45, 7) is 2.64. The molecule has 0 bridgehead atoms. The average molecular weight is 481 g/mol. The Morgan fingerprint density at radius 2 is 1.85 bits per heavy atom. The molecule has 2 fully saturated rings. The van der Waals surface area contributed by atoms with Crippen molar-refractivity contribution in [3.63, 3.8) is 0 Å². The highest BCUT2D eigenvalue weighted by Crippen LogP contribution is 2.33. The molecule has 178 valence electrons. The monoisotopic (exact) mass is 480 g/mol. The van der Waals surface area contributed by atoms with Crippen LogP contribution in [0.1, 0.15) is 37.3 Å². The number of carboxylic acid groups (broad SMARTS) is 1. The van der Waals surface area contributed by atoms with E-state index in [4.69, 9.17) is 14.5 Å². The van der Waals surface area contributed by atoms with E-state index < -0.39 is 11.9 Å². The number of hydrogen-bond acceptors (Lipinski definition) is 6. The molecule has 3 aromatic rings. The number of aliphatic carboxylic acids is 1. The lowest BCUT2D eigenvalue weighted by Gasteiger charge is -2.27. The van der Waals surface area contributed by atoms with Crippen LogP contribution >= 0.6 is 11.3 Å². The van der Waals surface area contributed by atoms with E-state index in [1.165, 1.54) is 0 Å². The average Bonchev–Trinajstić information content (AvgIpc) is 3.55. The summed E-state index contributed by atoms with van der Waals surface area (Å²) in [5.41, 5.74) is 2.79. The van der Waals surface area contributed by atoms with Crippen LogP contribution in [0.25, 0.3) is 21.3 Å². The molecule has 2 unspecified atom stereocenters. The largest absolute Gasteiger partial charge is 0.481 e. The minimum atomic E-state index is -0.919. The van der Waals surface area contributed by atoms with Gasteiger partial charge < -0.3 is 19.9 Å². The Morgan fingerprint density at radius 1 is 1.06 bits per heavy atom. The molecule has 0 spiro atoms. The number of anilines is 1. The third kappa shape index (κ3) is 5.14. The molecule has 0 radical (unpaired) electrons. The highest BCUT2D eigenvalue weighted by atomic mass is 32.1. The molecule has 7 nitrogen and oxygen atoms in total. The molecular formula is C26H28N2O5S. The minimum absolute atomic E-state index is 0.0323. The van der Waals surface area contributed by atoms with Crippen molar-refractivity contribution in [1.29, 1.82) is 0 Å². The van der Waals surface area contributed by atoms with Gasteiger partial charge in [-0.1, -0.05) is 18.2 Å². The lowest BCUT2D eigenvalue weighted by molar-refractivity contribution is -0.147. The lowest BCUT2D eigenvalue weighted by Crippen LogP contribution is -2.32. The van der Waals surface area contributed by atoms with E-state index in [0.29, 0.717) is 37.7 Å². The topological polar surface area (TPSA) is 97.8 Å². The fourth-order valence-corrected chi connectivity index (χ4v) is 5.72. The Balaban J connectivity index is 1.30. The van der Waals surface area contributed by atoms with Gasteiger partial charge in [0.1, 0.15) is 5.01 Å². The number of rotatable bonds is 7. The smallest absolute Gasteiger partial charge is 0.307 e. The SMILES string of the molecule is O=C(CC(C(=O)O)C1CCOCC1)Nc1ccc2ccc(-c3nc(C4CCOC4)cs3)cc2c1. The fourth-order valence-electron chi connectivity index (χ4n) is 4.82. The molecular weight excluding hydrogens is 452 g/mol. The van der Waals surface area contributed by atoms with E-state index in [2.05, 4.69) is 28.9 Å². The number of carbonyl (C=O) groups is 2. The Kier molecular flexibility index (Phi) is 6.89. The van der Waals surface area contributed by atoms with Crippen molar-refractivity contribution >= 4 is 39.7 Å². The molecule has 2 saturated heterocycles. The van der Waals surface area contributed by atoms with E-state index >= 15 is 0 Å². The van der Waals surface area contributed by atoms with Crippen LogP contribution in [0.15, 0.2) is 41.8 Å². The predicted octanol–water partition coefficient (Wildman–Crippen LogP) is 4.92. The van der Waals surface area contributed by atoms with E-state index in [1.54, 1.807) is 11.3 Å². The van der Waals surface area contributed by atoms with Crippen LogP contribution in [-0.4, -0.2) is 48.4 Å². The number of amides is 1. The lowest BCUT2D eigenvalue weighted by atomic mass is 9.83. The van der Waals surface area contributed by atoms with Gasteiger partial charge in [-0.15, -0.1) is 11.3 Å². The number of fused-ring (bicyclic) bond motifs is 1. The molecule has 2 atom stereocenters. The number of nitrogens with zero attached hydrogens (tertiary/aromatic N) is 1. The van der Waals surface area contributed by atoms with Gasteiger partial charge in [-0.05, 0) is 54.2 Å². The molecule has 1 aromatic heterocycles. The molecule has 5 rings (SSSR count). The maximum absolute atomic E-state index is 12.7. The maximum Gasteiger partial charge on any atom is 0.307 e. The quantitative estimate of drug-likeness (QED) is 0.498. The van der Waals surface area contributed by atoms with Crippen molar-refractivity contribution in [2.75, 3.05) is 31.7 Å². The number of benzene rings is 2. The third-order valence-corrected chi connectivity index (χ3v) is 7.71. The predicted molar refractivity (Wildman–Crippen MR) is 131 cm³/mol. The number of carboxylic acids is 1. The molecule has 0 aliphatic carbocycles. The summed E-state index contributed by atoms with van der Waals surface area (Å²) >= 11 is 1.63. The Labute approximate surface area is 202 Å². The van der Waals surface area contributed by atoms with Crippen molar-refractivity contribution in [3.8, 4) is 10.6 Å². The number of aromatic nitrogens is 1. The summed E-state index contributed by atoms with van der Waals surface area (Å²) in [5.74, 6) is -1.55. The van der Waals surface area contributed by atoms with Crippen LogP contribution in [-0.2, 0) is 19.1 Å². The van der Waals surface area contributed by atoms with E-state index in [1.807, 2.05) is 18.2 Å². The number of thiazole rings is 1. The summed E-state index contributed by atoms with van der Waals surface area (Å²) in [4.78, 5) is 29.3. The first-order valence-electron chi connectivity index (χ1n) is 11.7. The van der Waals surface area contributed by atoms with Crippen molar-refractivity contribution in [3.05, 3.63) is 47.5 Å². The van der Waals surface area contributed by atoms with Gasteiger partial charge >= 0.3 is 5.97 Å². The molecule has 8 heteroatoms. The molecule has 0 saturated carbocycles. The number of ether oxygens (including phenoxy) is 2. The second-order valence-corrected chi connectivity index (χ2v) is 9.92. The minimum Gasteiger partial charge on any atom is -0.481 e. The van der Waals surface area contributed by atoms with Gasteiger partial charge in [0, 0.05) is 48.8 Å². The zero-order chi connectivity index (χ0) is 23.5. The van der Waals surface area contributed by atoms with Gasteiger partial charge in [-0.25, -0.2) is 4.98 Å². The first kappa shape index (κ1) is 23.0. The summed E-state index contributed by atoms with van der Waals surface area (Å²) in [6, 6.07) is 12.0. The van der Waals surface area contributed by atoms with Crippen LogP contribution in [0, 0.1) is 11.8 Å². The summed E-state index contributed by atoms with van der Waals surface area (Å²) in [7, 11) is 0. The van der Waals surface area contributed by atoms with Crippen LogP contribution in [0.3, 0.4) is 0 Å². The zero-order valence-corrected chi connectivity index (χ0v) is 19.7. The van der Waals surface area contributed by atoms with Crippen LogP contribution < -0.4 is 5.32 Å². The van der Waals surface area contributed by atoms with Crippen molar-refractivity contribution in [2.45, 2.75) is 31.6 Å². The van der Waals surface area contributed by atoms with E-state index in [-0.39, 0.29) is 18.2 Å². The Bertz CT molecular complexity index is 1180. The van der Waals surface area contributed by atoms with Gasteiger partial charge in [0.25, 0.3) is 0 Å². The molecule has 3 heterocycles. The Hall–Kier alpha value is -2.81. The molecule has 34 heavy (non-hydrogen) atoms. The molecule has 1 amide bonds. The van der Waals surface area contributed by atoms with Crippen LogP contribution in [0.5, 0.6) is 0 Å². The second kappa shape index (κ2) is 10.2. The van der Waals surface area contributed by atoms with Crippen LogP contribution in [0.2, 0.25) is 0 Å². The molecule has 2 aliphatic heterocycles. The standard InChI is InChI=1S/C26H28N2O5S/c29-24(13-22(26(30)31)17-5-8-32-9-6-17)27-21-4-3-16-1-2-18(11-20(16)12-21)25-28-23(15-34-25)19-7-10-33-14-19/h1-4,11-12,15,17,19,22H,5-10,13-14H2,(H,27,29)(H,30,31). The second-order valence-electron chi connectivity index (χ2n) is 9.06. The number of nitrogens with one attached hydrogen (secondary N) is 1. The van der Waals surface area contributed by atoms with Gasteiger partial charge in [0.15, 0.2) is 0 Å². The highest BCUT2D eigenvalue weighted by molar-refractivity contribution is 7.13. The van der Waals surface area contributed by atoms with Gasteiger partial charge in [-0.3, -0.25) is 9.59 Å².